The molecule has 27 heavy (non-hydrogen) atoms. The van der Waals surface area contributed by atoms with E-state index in [2.05, 4.69) is 15.0 Å². The van der Waals surface area contributed by atoms with Gasteiger partial charge in [0.1, 0.15) is 18.7 Å². The molecule has 0 bridgehead atoms. The van der Waals surface area contributed by atoms with Crippen molar-refractivity contribution in [3.05, 3.63) is 71.9 Å². The molecule has 0 aliphatic heterocycles. The summed E-state index contributed by atoms with van der Waals surface area (Å²) in [5.41, 5.74) is 1.00. The van der Waals surface area contributed by atoms with Crippen molar-refractivity contribution < 1.29 is 27.9 Å². The minimum atomic E-state index is -0.713. The number of carbonyl (C=O) groups is 2. The van der Waals surface area contributed by atoms with E-state index in [-0.39, 0.29) is 29.4 Å². The molecule has 1 aromatic heterocycles. The first kappa shape index (κ1) is 18.1. The van der Waals surface area contributed by atoms with Crippen LogP contribution in [0.25, 0.3) is 11.5 Å². The van der Waals surface area contributed by atoms with E-state index >= 15 is 0 Å². The minimum Gasteiger partial charge on any atom is -0.464 e. The number of benzene rings is 2. The van der Waals surface area contributed by atoms with Crippen LogP contribution in [0.1, 0.15) is 16.1 Å². The lowest BCUT2D eigenvalue weighted by molar-refractivity contribution is 0.0594. The molecule has 0 radical (unpaired) electrons. The van der Waals surface area contributed by atoms with Crippen LogP contribution in [0.15, 0.2) is 59.2 Å². The third-order valence-electron chi connectivity index (χ3n) is 3.56. The predicted molar refractivity (Wildman–Crippen MR) is 93.5 cm³/mol. The van der Waals surface area contributed by atoms with Gasteiger partial charge in [-0.25, -0.2) is 19.0 Å². The first-order chi connectivity index (χ1) is 13.1. The summed E-state index contributed by atoms with van der Waals surface area (Å²) in [5.74, 6) is -1.45. The van der Waals surface area contributed by atoms with Gasteiger partial charge in [0.15, 0.2) is 5.69 Å². The number of carbonyl (C=O) groups excluding carboxylic acids is 2. The molecule has 1 N–H and O–H groups in total. The van der Waals surface area contributed by atoms with Gasteiger partial charge in [0.05, 0.1) is 12.7 Å². The molecule has 0 fully saturated rings. The van der Waals surface area contributed by atoms with E-state index in [0.29, 0.717) is 0 Å². The minimum absolute atomic E-state index is 0.0355. The Kier molecular flexibility index (Phi) is 5.46. The van der Waals surface area contributed by atoms with E-state index in [9.17, 15) is 14.0 Å². The van der Waals surface area contributed by atoms with Gasteiger partial charge in [-0.1, -0.05) is 30.3 Å². The average molecular weight is 370 g/mol. The second-order valence-corrected chi connectivity index (χ2v) is 5.41. The highest BCUT2D eigenvalue weighted by molar-refractivity contribution is 5.87. The largest absolute Gasteiger partial charge is 0.464 e. The molecule has 0 unspecified atom stereocenters. The maximum atomic E-state index is 14.3. The molecule has 1 heterocycles. The smallest absolute Gasteiger partial charge is 0.411 e. The van der Waals surface area contributed by atoms with E-state index in [4.69, 9.17) is 9.15 Å². The number of aromatic nitrogens is 1. The number of halogens is 1. The van der Waals surface area contributed by atoms with Crippen molar-refractivity contribution in [3.63, 3.8) is 0 Å². The van der Waals surface area contributed by atoms with E-state index in [0.717, 1.165) is 17.9 Å². The molecule has 8 heteroatoms. The van der Waals surface area contributed by atoms with Crippen LogP contribution in [0.4, 0.5) is 14.9 Å². The number of amides is 1. The summed E-state index contributed by atoms with van der Waals surface area (Å²) in [7, 11) is 1.20. The fourth-order valence-electron chi connectivity index (χ4n) is 2.24. The highest BCUT2D eigenvalue weighted by Crippen LogP contribution is 2.25. The van der Waals surface area contributed by atoms with Crippen molar-refractivity contribution in [1.29, 1.82) is 0 Å². The van der Waals surface area contributed by atoms with Crippen LogP contribution in [-0.4, -0.2) is 24.2 Å². The maximum Gasteiger partial charge on any atom is 0.411 e. The van der Waals surface area contributed by atoms with Gasteiger partial charge in [-0.05, 0) is 23.8 Å². The Morgan fingerprint density at radius 3 is 2.67 bits per heavy atom. The number of hydrogen-bond acceptors (Lipinski definition) is 6. The fourth-order valence-corrected chi connectivity index (χ4v) is 2.24. The maximum absolute atomic E-state index is 14.3. The second kappa shape index (κ2) is 8.13. The van der Waals surface area contributed by atoms with Crippen LogP contribution in [0.3, 0.4) is 0 Å². The van der Waals surface area contributed by atoms with Crippen molar-refractivity contribution in [2.75, 3.05) is 12.4 Å². The normalized spacial score (nSPS) is 10.3. The molecular weight excluding hydrogens is 355 g/mol. The van der Waals surface area contributed by atoms with Crippen molar-refractivity contribution in [1.82, 2.24) is 4.98 Å². The Morgan fingerprint density at radius 1 is 1.19 bits per heavy atom. The molecule has 0 spiro atoms. The number of esters is 1. The zero-order valence-corrected chi connectivity index (χ0v) is 14.3. The molecule has 7 nitrogen and oxygen atoms in total. The van der Waals surface area contributed by atoms with Gasteiger partial charge >= 0.3 is 12.1 Å². The predicted octanol–water partition coefficient (Wildman–Crippen LogP) is 4.02. The van der Waals surface area contributed by atoms with Crippen LogP contribution in [0, 0.1) is 5.82 Å². The van der Waals surface area contributed by atoms with Gasteiger partial charge in [0, 0.05) is 5.69 Å². The van der Waals surface area contributed by atoms with Crippen LogP contribution in [0.5, 0.6) is 0 Å². The standard InChI is InChI=1S/C19H15FN2O5/c1-25-18(23)16-11-26-17(22-16)14-8-7-13(9-15(14)20)21-19(24)27-10-12-5-3-2-4-6-12/h2-9,11H,10H2,1H3,(H,21,24). The zero-order valence-electron chi connectivity index (χ0n) is 14.3. The van der Waals surface area contributed by atoms with Gasteiger partial charge < -0.3 is 13.9 Å². The number of hydrogen-bond donors (Lipinski definition) is 1. The summed E-state index contributed by atoms with van der Waals surface area (Å²) in [6.07, 6.45) is 0.364. The summed E-state index contributed by atoms with van der Waals surface area (Å²) < 4.78 is 29.0. The molecule has 0 saturated carbocycles. The lowest BCUT2D eigenvalue weighted by Gasteiger charge is -2.08. The molecule has 138 valence electrons. The topological polar surface area (TPSA) is 90.7 Å². The Labute approximate surface area is 153 Å². The molecule has 0 saturated heterocycles. The van der Waals surface area contributed by atoms with Gasteiger partial charge in [0.2, 0.25) is 5.89 Å². The second-order valence-electron chi connectivity index (χ2n) is 5.41. The number of rotatable bonds is 5. The first-order valence-electron chi connectivity index (χ1n) is 7.88. The third-order valence-corrected chi connectivity index (χ3v) is 3.56. The highest BCUT2D eigenvalue weighted by atomic mass is 19.1. The summed E-state index contributed by atoms with van der Waals surface area (Å²) in [6, 6.07) is 13.1. The summed E-state index contributed by atoms with van der Waals surface area (Å²) in [5, 5.41) is 2.44. The number of methoxy groups -OCH3 is 1. The van der Waals surface area contributed by atoms with E-state index in [1.165, 1.54) is 19.2 Å². The van der Waals surface area contributed by atoms with Gasteiger partial charge in [-0.3, -0.25) is 5.32 Å². The van der Waals surface area contributed by atoms with Crippen molar-refractivity contribution in [3.8, 4) is 11.5 Å². The fraction of sp³-hybridized carbons (Fsp3) is 0.105. The molecule has 2 aromatic carbocycles. The van der Waals surface area contributed by atoms with E-state index in [1.807, 2.05) is 30.3 Å². The SMILES string of the molecule is COC(=O)c1coc(-c2ccc(NC(=O)OCc3ccccc3)cc2F)n1. The van der Waals surface area contributed by atoms with Crippen LogP contribution >= 0.6 is 0 Å². The molecular formula is C19H15FN2O5. The average Bonchev–Trinajstić information content (AvgIpc) is 3.16. The van der Waals surface area contributed by atoms with Crippen molar-refractivity contribution in [2.45, 2.75) is 6.61 Å². The third kappa shape index (κ3) is 4.49. The Balaban J connectivity index is 1.65. The Hall–Kier alpha value is -3.68. The van der Waals surface area contributed by atoms with E-state index < -0.39 is 17.9 Å². The van der Waals surface area contributed by atoms with Crippen LogP contribution < -0.4 is 5.32 Å². The monoisotopic (exact) mass is 370 g/mol. The van der Waals surface area contributed by atoms with Crippen molar-refractivity contribution in [2.24, 2.45) is 0 Å². The molecule has 0 aliphatic rings. The molecule has 3 rings (SSSR count). The van der Waals surface area contributed by atoms with Gasteiger partial charge in [0.25, 0.3) is 0 Å². The Morgan fingerprint density at radius 2 is 1.96 bits per heavy atom. The highest BCUT2D eigenvalue weighted by Gasteiger charge is 2.17. The van der Waals surface area contributed by atoms with Crippen LogP contribution in [0.2, 0.25) is 0 Å². The lowest BCUT2D eigenvalue weighted by Crippen LogP contribution is -2.13. The quantitative estimate of drug-likeness (QED) is 0.682. The first-order valence-corrected chi connectivity index (χ1v) is 7.88. The molecule has 1 amide bonds. The van der Waals surface area contributed by atoms with Gasteiger partial charge in [-0.15, -0.1) is 0 Å². The number of oxazole rings is 1. The molecule has 0 aliphatic carbocycles. The van der Waals surface area contributed by atoms with Gasteiger partial charge in [-0.2, -0.15) is 0 Å². The summed E-state index contributed by atoms with van der Waals surface area (Å²) in [4.78, 5) is 27.1. The lowest BCUT2D eigenvalue weighted by atomic mass is 10.2. The number of ether oxygens (including phenoxy) is 2. The molecule has 3 aromatic rings. The van der Waals surface area contributed by atoms with E-state index in [1.54, 1.807) is 0 Å². The summed E-state index contributed by atoms with van der Waals surface area (Å²) in [6.45, 7) is 0.0971. The van der Waals surface area contributed by atoms with Crippen molar-refractivity contribution >= 4 is 17.7 Å². The number of nitrogens with zero attached hydrogens (tertiary/aromatic N) is 1. The van der Waals surface area contributed by atoms with Crippen LogP contribution in [-0.2, 0) is 16.1 Å². The summed E-state index contributed by atoms with van der Waals surface area (Å²) >= 11 is 0. The molecule has 0 atom stereocenters. The zero-order chi connectivity index (χ0) is 19.2. The number of anilines is 1. The number of nitrogens with one attached hydrogen (secondary N) is 1. The Bertz CT molecular complexity index is 956.